The Hall–Kier alpha value is -0.690. The van der Waals surface area contributed by atoms with Crippen molar-refractivity contribution in [3.63, 3.8) is 0 Å². The van der Waals surface area contributed by atoms with E-state index in [1.165, 1.54) is 11.3 Å². The number of nitrogens with two attached hydrogens (primary N) is 1. The first-order valence-electron chi connectivity index (χ1n) is 6.08. The Morgan fingerprint density at radius 1 is 1.63 bits per heavy atom. The third kappa shape index (κ3) is 3.89. The van der Waals surface area contributed by atoms with Gasteiger partial charge >= 0.3 is 5.00 Å². The minimum absolute atomic E-state index is 0. The minimum atomic E-state index is -0.329. The Labute approximate surface area is 123 Å². The lowest BCUT2D eigenvalue weighted by Gasteiger charge is -2.42. The van der Waals surface area contributed by atoms with Crippen molar-refractivity contribution in [3.8, 4) is 0 Å². The highest BCUT2D eigenvalue weighted by molar-refractivity contribution is 7.13. The Morgan fingerprint density at radius 2 is 2.32 bits per heavy atom. The van der Waals surface area contributed by atoms with Crippen LogP contribution in [0.15, 0.2) is 11.4 Å². The second-order valence-electron chi connectivity index (χ2n) is 5.64. The van der Waals surface area contributed by atoms with Crippen LogP contribution in [-0.2, 0) is 6.54 Å². The molecule has 2 rings (SSSR count). The molecule has 1 atom stereocenters. The second kappa shape index (κ2) is 6.17. The maximum absolute atomic E-state index is 10.6. The van der Waals surface area contributed by atoms with Crippen LogP contribution >= 0.6 is 23.7 Å². The molecular formula is C12H20ClN3O2S. The Balaban J connectivity index is 0.00000180. The first-order chi connectivity index (χ1) is 8.38. The fourth-order valence-corrected chi connectivity index (χ4v) is 3.14. The molecule has 1 aromatic rings. The van der Waals surface area contributed by atoms with Gasteiger partial charge in [-0.25, -0.2) is 0 Å². The Bertz CT molecular complexity index is 450. The molecule has 7 heteroatoms. The molecule has 1 unspecified atom stereocenters. The maximum Gasteiger partial charge on any atom is 0.324 e. The van der Waals surface area contributed by atoms with E-state index in [0.29, 0.717) is 0 Å². The van der Waals surface area contributed by atoms with Gasteiger partial charge in [-0.3, -0.25) is 15.0 Å². The molecule has 1 fully saturated rings. The van der Waals surface area contributed by atoms with Crippen LogP contribution in [0.4, 0.5) is 5.00 Å². The molecule has 19 heavy (non-hydrogen) atoms. The number of thiophene rings is 1. The number of likely N-dealkylation sites (tertiary alicyclic amines) is 1. The predicted octanol–water partition coefficient (Wildman–Crippen LogP) is 2.64. The first kappa shape index (κ1) is 16.4. The van der Waals surface area contributed by atoms with Crippen molar-refractivity contribution in [2.45, 2.75) is 32.9 Å². The van der Waals surface area contributed by atoms with Crippen LogP contribution in [0.25, 0.3) is 0 Å². The monoisotopic (exact) mass is 305 g/mol. The molecule has 0 amide bonds. The zero-order chi connectivity index (χ0) is 13.3. The summed E-state index contributed by atoms with van der Waals surface area (Å²) in [5, 5.41) is 12.7. The number of nitrogens with zero attached hydrogens (tertiary/aromatic N) is 2. The van der Waals surface area contributed by atoms with Crippen LogP contribution in [0.5, 0.6) is 0 Å². The van der Waals surface area contributed by atoms with E-state index in [1.54, 1.807) is 6.07 Å². The number of halogens is 1. The van der Waals surface area contributed by atoms with Gasteiger partial charge in [0.25, 0.3) is 0 Å². The van der Waals surface area contributed by atoms with Crippen LogP contribution < -0.4 is 5.73 Å². The van der Waals surface area contributed by atoms with Crippen molar-refractivity contribution in [1.29, 1.82) is 0 Å². The molecule has 1 aliphatic heterocycles. The number of nitro groups is 1. The van der Waals surface area contributed by atoms with Gasteiger partial charge in [-0.15, -0.1) is 12.4 Å². The highest BCUT2D eigenvalue weighted by atomic mass is 35.5. The zero-order valence-corrected chi connectivity index (χ0v) is 12.8. The molecule has 0 bridgehead atoms. The lowest BCUT2D eigenvalue weighted by Crippen LogP contribution is -2.51. The van der Waals surface area contributed by atoms with Gasteiger partial charge in [-0.2, -0.15) is 0 Å². The lowest BCUT2D eigenvalue weighted by molar-refractivity contribution is -0.380. The van der Waals surface area contributed by atoms with E-state index in [1.807, 2.05) is 5.38 Å². The maximum atomic E-state index is 10.6. The molecule has 1 aromatic heterocycles. The fourth-order valence-electron chi connectivity index (χ4n) is 2.42. The van der Waals surface area contributed by atoms with Gasteiger partial charge in [0.15, 0.2) is 0 Å². The summed E-state index contributed by atoms with van der Waals surface area (Å²) in [6, 6.07) is 1.91. The van der Waals surface area contributed by atoms with E-state index in [2.05, 4.69) is 18.7 Å². The summed E-state index contributed by atoms with van der Waals surface area (Å²) in [5.74, 6) is 0. The molecule has 2 heterocycles. The molecule has 108 valence electrons. The molecule has 0 aromatic carbocycles. The molecule has 2 N–H and O–H groups in total. The summed E-state index contributed by atoms with van der Waals surface area (Å²) in [6.07, 6.45) is 0.985. The minimum Gasteiger partial charge on any atom is -0.327 e. The summed E-state index contributed by atoms with van der Waals surface area (Å²) in [5.41, 5.74) is 7.24. The van der Waals surface area contributed by atoms with Crippen LogP contribution in [0.3, 0.4) is 0 Å². The standard InChI is InChI=1S/C12H19N3O2S.ClH/c1-12(2)8-14(4-3-10(12)13)6-9-5-11(15(16)17)18-7-9;/h5,7,10H,3-4,6,8,13H2,1-2H3;1H. The molecule has 0 saturated carbocycles. The van der Waals surface area contributed by atoms with Crippen LogP contribution in [0, 0.1) is 15.5 Å². The lowest BCUT2D eigenvalue weighted by atomic mass is 9.79. The summed E-state index contributed by atoms with van der Waals surface area (Å²) in [6.45, 7) is 7.05. The predicted molar refractivity (Wildman–Crippen MR) is 79.9 cm³/mol. The zero-order valence-electron chi connectivity index (χ0n) is 11.2. The molecule has 1 saturated heterocycles. The molecular weight excluding hydrogens is 286 g/mol. The van der Waals surface area contributed by atoms with E-state index < -0.39 is 0 Å². The Kier molecular flexibility index (Phi) is 5.32. The van der Waals surface area contributed by atoms with E-state index in [9.17, 15) is 10.1 Å². The first-order valence-corrected chi connectivity index (χ1v) is 6.96. The van der Waals surface area contributed by atoms with Crippen molar-refractivity contribution in [3.05, 3.63) is 27.1 Å². The largest absolute Gasteiger partial charge is 0.327 e. The third-order valence-corrected chi connectivity index (χ3v) is 4.55. The summed E-state index contributed by atoms with van der Waals surface area (Å²) in [4.78, 5) is 12.6. The fraction of sp³-hybridized carbons (Fsp3) is 0.667. The molecule has 0 spiro atoms. The second-order valence-corrected chi connectivity index (χ2v) is 6.53. The molecule has 0 radical (unpaired) electrons. The molecule has 0 aliphatic carbocycles. The quantitative estimate of drug-likeness (QED) is 0.688. The number of rotatable bonds is 3. The van der Waals surface area contributed by atoms with Crippen molar-refractivity contribution >= 4 is 28.7 Å². The highest BCUT2D eigenvalue weighted by Gasteiger charge is 2.33. The molecule has 5 nitrogen and oxygen atoms in total. The highest BCUT2D eigenvalue weighted by Crippen LogP contribution is 2.30. The van der Waals surface area contributed by atoms with Crippen LogP contribution in [0.1, 0.15) is 25.8 Å². The van der Waals surface area contributed by atoms with Crippen molar-refractivity contribution in [2.75, 3.05) is 13.1 Å². The van der Waals surface area contributed by atoms with Crippen LogP contribution in [0.2, 0.25) is 0 Å². The Morgan fingerprint density at radius 3 is 2.84 bits per heavy atom. The van der Waals surface area contributed by atoms with E-state index in [0.717, 1.165) is 31.6 Å². The van der Waals surface area contributed by atoms with E-state index >= 15 is 0 Å². The topological polar surface area (TPSA) is 72.4 Å². The number of piperidine rings is 1. The van der Waals surface area contributed by atoms with Crippen molar-refractivity contribution < 1.29 is 4.92 Å². The number of hydrogen-bond donors (Lipinski definition) is 1. The van der Waals surface area contributed by atoms with Gasteiger partial charge in [-0.05, 0) is 17.4 Å². The van der Waals surface area contributed by atoms with Gasteiger partial charge in [0.2, 0.25) is 0 Å². The van der Waals surface area contributed by atoms with E-state index in [4.69, 9.17) is 5.73 Å². The van der Waals surface area contributed by atoms with Crippen molar-refractivity contribution in [2.24, 2.45) is 11.1 Å². The SMILES string of the molecule is CC1(C)CN(Cc2csc([N+](=O)[O-])c2)CCC1N.Cl. The third-order valence-electron chi connectivity index (χ3n) is 3.62. The smallest absolute Gasteiger partial charge is 0.324 e. The van der Waals surface area contributed by atoms with E-state index in [-0.39, 0.29) is 33.8 Å². The van der Waals surface area contributed by atoms with Crippen molar-refractivity contribution in [1.82, 2.24) is 4.90 Å². The van der Waals surface area contributed by atoms with Gasteiger partial charge in [0.1, 0.15) is 0 Å². The average molecular weight is 306 g/mol. The average Bonchev–Trinajstić information content (AvgIpc) is 2.72. The summed E-state index contributed by atoms with van der Waals surface area (Å²) < 4.78 is 0. The van der Waals surface area contributed by atoms with Gasteiger partial charge in [-0.1, -0.05) is 25.2 Å². The van der Waals surface area contributed by atoms with Gasteiger partial charge < -0.3 is 5.73 Å². The normalized spacial score (nSPS) is 22.8. The molecule has 1 aliphatic rings. The van der Waals surface area contributed by atoms with Gasteiger partial charge in [0.05, 0.1) is 4.92 Å². The number of hydrogen-bond acceptors (Lipinski definition) is 5. The summed E-state index contributed by atoms with van der Waals surface area (Å²) in [7, 11) is 0. The summed E-state index contributed by atoms with van der Waals surface area (Å²) >= 11 is 1.20. The van der Waals surface area contributed by atoms with Crippen LogP contribution in [-0.4, -0.2) is 29.0 Å². The van der Waals surface area contributed by atoms with Gasteiger partial charge in [0, 0.05) is 37.1 Å².